The molecule has 0 spiro atoms. The van der Waals surface area contributed by atoms with E-state index in [0.717, 1.165) is 22.3 Å². The Kier molecular flexibility index (Phi) is 7.18. The van der Waals surface area contributed by atoms with Crippen LogP contribution < -0.4 is 10.1 Å². The summed E-state index contributed by atoms with van der Waals surface area (Å²) < 4.78 is 16.2. The number of aryl methyl sites for hydroxylation is 2. The van der Waals surface area contributed by atoms with Gasteiger partial charge in [0.15, 0.2) is 6.61 Å². The first-order valence-electron chi connectivity index (χ1n) is 10.2. The number of phenolic OH excluding ortho intramolecular Hbond substituents is 1. The first-order valence-corrected chi connectivity index (χ1v) is 10.2. The van der Waals surface area contributed by atoms with E-state index < -0.39 is 5.97 Å². The second kappa shape index (κ2) is 10.0. The van der Waals surface area contributed by atoms with E-state index in [-0.39, 0.29) is 24.7 Å². The Bertz CT molecular complexity index is 1090. The molecule has 0 aliphatic heterocycles. The molecule has 0 saturated heterocycles. The number of amides is 1. The maximum absolute atomic E-state index is 12.0. The van der Waals surface area contributed by atoms with E-state index >= 15 is 0 Å². The van der Waals surface area contributed by atoms with Crippen molar-refractivity contribution in [3.63, 3.8) is 0 Å². The third-order valence-electron chi connectivity index (χ3n) is 5.00. The minimum absolute atomic E-state index is 0.0197. The topological polar surface area (TPSA) is 98.0 Å². The molecule has 7 heteroatoms. The summed E-state index contributed by atoms with van der Waals surface area (Å²) >= 11 is 0. The predicted octanol–water partition coefficient (Wildman–Crippen LogP) is 3.73. The van der Waals surface area contributed by atoms with E-state index in [1.165, 1.54) is 24.0 Å². The Morgan fingerprint density at radius 1 is 1.13 bits per heavy atom. The fourth-order valence-electron chi connectivity index (χ4n) is 3.25. The quantitative estimate of drug-likeness (QED) is 0.400. The first-order chi connectivity index (χ1) is 14.8. The number of furan rings is 1. The van der Waals surface area contributed by atoms with Gasteiger partial charge in [-0.25, -0.2) is 0 Å². The van der Waals surface area contributed by atoms with Gasteiger partial charge in [-0.05, 0) is 62.1 Å². The molecule has 0 fully saturated rings. The average Bonchev–Trinajstić information content (AvgIpc) is 3.11. The molecular formula is C24H27NO6. The molecule has 0 bridgehead atoms. The number of carbonyl (C=O) groups is 2. The van der Waals surface area contributed by atoms with Crippen molar-refractivity contribution in [1.82, 2.24) is 5.32 Å². The second-order valence-electron chi connectivity index (χ2n) is 7.54. The molecule has 0 saturated carbocycles. The lowest BCUT2D eigenvalue weighted by molar-refractivity contribution is -0.147. The lowest BCUT2D eigenvalue weighted by atomic mass is 10.1. The number of aromatic hydroxyl groups is 1. The highest BCUT2D eigenvalue weighted by Gasteiger charge is 2.13. The monoisotopic (exact) mass is 425 g/mol. The van der Waals surface area contributed by atoms with Crippen LogP contribution in [0.15, 0.2) is 41.0 Å². The van der Waals surface area contributed by atoms with Gasteiger partial charge in [0.05, 0.1) is 19.3 Å². The van der Waals surface area contributed by atoms with E-state index in [1.54, 1.807) is 6.07 Å². The molecule has 2 N–H and O–H groups in total. The van der Waals surface area contributed by atoms with Gasteiger partial charge >= 0.3 is 5.97 Å². The number of benzene rings is 2. The van der Waals surface area contributed by atoms with Crippen molar-refractivity contribution >= 4 is 22.8 Å². The van der Waals surface area contributed by atoms with Gasteiger partial charge in [-0.1, -0.05) is 6.07 Å². The summed E-state index contributed by atoms with van der Waals surface area (Å²) in [5.41, 5.74) is 4.57. The zero-order chi connectivity index (χ0) is 22.4. The summed E-state index contributed by atoms with van der Waals surface area (Å²) in [4.78, 5) is 23.9. The first kappa shape index (κ1) is 22.2. The Labute approximate surface area is 181 Å². The Balaban J connectivity index is 1.35. The van der Waals surface area contributed by atoms with Crippen LogP contribution in [-0.4, -0.2) is 36.7 Å². The fraction of sp³-hybridized carbons (Fsp3) is 0.333. The molecule has 3 aromatic rings. The van der Waals surface area contributed by atoms with Crippen LogP contribution in [0, 0.1) is 20.8 Å². The van der Waals surface area contributed by atoms with E-state index in [1.807, 2.05) is 19.9 Å². The SMILES string of the molecule is Cc1cc(C)c(C)c(OCCCNC(=O)COC(=O)Cc2coc3cc(O)ccc23)c1. The summed E-state index contributed by atoms with van der Waals surface area (Å²) in [6.45, 7) is 6.67. The van der Waals surface area contributed by atoms with Crippen LogP contribution in [0.3, 0.4) is 0 Å². The second-order valence-corrected chi connectivity index (χ2v) is 7.54. The van der Waals surface area contributed by atoms with E-state index in [9.17, 15) is 14.7 Å². The number of fused-ring (bicyclic) bond motifs is 1. The standard InChI is InChI=1S/C24H27NO6/c1-15-9-16(2)17(3)21(10-15)29-8-4-7-25-23(27)14-31-24(28)11-18-13-30-22-12-19(26)5-6-20(18)22/h5-6,9-10,12-13,26H,4,7-8,11,14H2,1-3H3,(H,25,27). The van der Waals surface area contributed by atoms with Gasteiger partial charge in [0.25, 0.3) is 5.91 Å². The third-order valence-corrected chi connectivity index (χ3v) is 5.00. The van der Waals surface area contributed by atoms with Crippen LogP contribution in [0.4, 0.5) is 0 Å². The molecule has 1 amide bonds. The number of nitrogens with one attached hydrogen (secondary N) is 1. The van der Waals surface area contributed by atoms with Gasteiger partial charge in [-0.2, -0.15) is 0 Å². The Morgan fingerprint density at radius 3 is 2.74 bits per heavy atom. The maximum atomic E-state index is 12.0. The maximum Gasteiger partial charge on any atom is 0.310 e. The van der Waals surface area contributed by atoms with Crippen molar-refractivity contribution in [2.75, 3.05) is 19.8 Å². The van der Waals surface area contributed by atoms with Crippen molar-refractivity contribution in [3.05, 3.63) is 58.8 Å². The van der Waals surface area contributed by atoms with Gasteiger partial charge in [0.2, 0.25) is 0 Å². The average molecular weight is 425 g/mol. The van der Waals surface area contributed by atoms with Gasteiger partial charge in [-0.3, -0.25) is 9.59 Å². The molecule has 0 atom stereocenters. The number of esters is 1. The molecule has 31 heavy (non-hydrogen) atoms. The summed E-state index contributed by atoms with van der Waals surface area (Å²) in [6.07, 6.45) is 2.07. The van der Waals surface area contributed by atoms with Crippen molar-refractivity contribution in [3.8, 4) is 11.5 Å². The highest BCUT2D eigenvalue weighted by Crippen LogP contribution is 2.25. The fourth-order valence-corrected chi connectivity index (χ4v) is 3.25. The molecule has 7 nitrogen and oxygen atoms in total. The van der Waals surface area contributed by atoms with Crippen molar-refractivity contribution in [2.45, 2.75) is 33.6 Å². The number of rotatable bonds is 9. The molecule has 0 unspecified atom stereocenters. The molecule has 2 aromatic carbocycles. The zero-order valence-corrected chi connectivity index (χ0v) is 18.0. The smallest absolute Gasteiger partial charge is 0.310 e. The number of ether oxygens (including phenoxy) is 2. The number of carbonyl (C=O) groups excluding carboxylic acids is 2. The predicted molar refractivity (Wildman–Crippen MR) is 116 cm³/mol. The zero-order valence-electron chi connectivity index (χ0n) is 18.0. The van der Waals surface area contributed by atoms with Crippen LogP contribution in [0.1, 0.15) is 28.7 Å². The van der Waals surface area contributed by atoms with Gasteiger partial charge in [0.1, 0.15) is 17.1 Å². The molecule has 3 rings (SSSR count). The lowest BCUT2D eigenvalue weighted by Gasteiger charge is -2.12. The Morgan fingerprint density at radius 2 is 1.94 bits per heavy atom. The van der Waals surface area contributed by atoms with Crippen molar-refractivity contribution in [1.29, 1.82) is 0 Å². The third kappa shape index (κ3) is 6.01. The summed E-state index contributed by atoms with van der Waals surface area (Å²) in [5.74, 6) is 0.0550. The van der Waals surface area contributed by atoms with Crippen LogP contribution in [0.25, 0.3) is 11.0 Å². The lowest BCUT2D eigenvalue weighted by Crippen LogP contribution is -2.30. The van der Waals surface area contributed by atoms with Crippen LogP contribution in [-0.2, 0) is 20.7 Å². The van der Waals surface area contributed by atoms with Gasteiger partial charge in [0, 0.05) is 23.6 Å². The molecule has 0 aliphatic rings. The summed E-state index contributed by atoms with van der Waals surface area (Å²) in [5, 5.41) is 12.9. The van der Waals surface area contributed by atoms with Crippen LogP contribution in [0.2, 0.25) is 0 Å². The highest BCUT2D eigenvalue weighted by molar-refractivity contribution is 5.87. The molecule has 0 radical (unpaired) electrons. The van der Waals surface area contributed by atoms with E-state index in [4.69, 9.17) is 13.9 Å². The minimum Gasteiger partial charge on any atom is -0.508 e. The normalized spacial score (nSPS) is 10.8. The molecule has 0 aliphatic carbocycles. The van der Waals surface area contributed by atoms with Gasteiger partial charge < -0.3 is 24.3 Å². The van der Waals surface area contributed by atoms with E-state index in [0.29, 0.717) is 30.7 Å². The minimum atomic E-state index is -0.528. The number of hydrogen-bond donors (Lipinski definition) is 2. The van der Waals surface area contributed by atoms with Crippen molar-refractivity contribution < 1.29 is 28.6 Å². The van der Waals surface area contributed by atoms with Crippen LogP contribution >= 0.6 is 0 Å². The molecule has 1 heterocycles. The summed E-state index contributed by atoms with van der Waals surface area (Å²) in [7, 11) is 0. The molecular weight excluding hydrogens is 398 g/mol. The van der Waals surface area contributed by atoms with Crippen LogP contribution in [0.5, 0.6) is 11.5 Å². The summed E-state index contributed by atoms with van der Waals surface area (Å²) in [6, 6.07) is 8.79. The number of hydrogen-bond acceptors (Lipinski definition) is 6. The highest BCUT2D eigenvalue weighted by atomic mass is 16.5. The largest absolute Gasteiger partial charge is 0.508 e. The molecule has 1 aromatic heterocycles. The van der Waals surface area contributed by atoms with Crippen molar-refractivity contribution in [2.24, 2.45) is 0 Å². The molecule has 164 valence electrons. The Hall–Kier alpha value is -3.48. The van der Waals surface area contributed by atoms with Gasteiger partial charge in [-0.15, -0.1) is 0 Å². The van der Waals surface area contributed by atoms with E-state index in [2.05, 4.69) is 18.3 Å². The number of phenols is 1.